The van der Waals surface area contributed by atoms with Gasteiger partial charge in [0.25, 0.3) is 10.0 Å². The highest BCUT2D eigenvalue weighted by molar-refractivity contribution is 7.92. The number of nitriles is 1. The molecule has 24 heavy (non-hydrogen) atoms. The first-order chi connectivity index (χ1) is 11.2. The van der Waals surface area contributed by atoms with Crippen LogP contribution in [0.25, 0.3) is 0 Å². The van der Waals surface area contributed by atoms with Crippen molar-refractivity contribution in [2.24, 2.45) is 0 Å². The van der Waals surface area contributed by atoms with Gasteiger partial charge in [-0.3, -0.25) is 4.72 Å². The minimum absolute atomic E-state index is 0.0176. The van der Waals surface area contributed by atoms with Gasteiger partial charge in [-0.05, 0) is 49.9 Å². The van der Waals surface area contributed by atoms with E-state index in [4.69, 9.17) is 5.26 Å². The topological polar surface area (TPSA) is 116 Å². The largest absolute Gasteiger partial charge is 0.280 e. The molecule has 0 atom stereocenters. The number of sulfonamides is 2. The van der Waals surface area contributed by atoms with Gasteiger partial charge in [0.15, 0.2) is 0 Å². The molecule has 0 aliphatic carbocycles. The minimum Gasteiger partial charge on any atom is -0.280 e. The van der Waals surface area contributed by atoms with Crippen molar-refractivity contribution in [1.29, 1.82) is 5.26 Å². The standard InChI is InChI=1S/C15H15N3O4S2/c1-11-6-7-13(9-15(11)24(21,22)17-2)18-23(19,20)14-5-3-4-12(8-14)10-16/h3-9,17-18H,1-2H3. The molecular weight excluding hydrogens is 350 g/mol. The molecule has 0 spiro atoms. The lowest BCUT2D eigenvalue weighted by Crippen LogP contribution is -2.20. The van der Waals surface area contributed by atoms with Crippen molar-refractivity contribution in [3.05, 3.63) is 53.6 Å². The van der Waals surface area contributed by atoms with Gasteiger partial charge in [-0.25, -0.2) is 21.6 Å². The van der Waals surface area contributed by atoms with Crippen LogP contribution < -0.4 is 9.44 Å². The Morgan fingerprint density at radius 2 is 1.71 bits per heavy atom. The zero-order valence-corrected chi connectivity index (χ0v) is 14.6. The van der Waals surface area contributed by atoms with Crippen LogP contribution in [0.15, 0.2) is 52.3 Å². The number of hydrogen-bond acceptors (Lipinski definition) is 5. The van der Waals surface area contributed by atoms with Gasteiger partial charge >= 0.3 is 0 Å². The third-order valence-electron chi connectivity index (χ3n) is 3.27. The number of hydrogen-bond donors (Lipinski definition) is 2. The summed E-state index contributed by atoms with van der Waals surface area (Å²) in [5, 5.41) is 8.86. The van der Waals surface area contributed by atoms with Gasteiger partial charge in [-0.1, -0.05) is 12.1 Å². The van der Waals surface area contributed by atoms with Crippen LogP contribution in [0.5, 0.6) is 0 Å². The van der Waals surface area contributed by atoms with E-state index in [1.165, 1.54) is 49.5 Å². The Kier molecular flexibility index (Phi) is 4.94. The number of aryl methyl sites for hydroxylation is 1. The fourth-order valence-electron chi connectivity index (χ4n) is 2.01. The molecule has 2 aromatic rings. The molecule has 0 unspecified atom stereocenters. The molecule has 0 saturated carbocycles. The third-order valence-corrected chi connectivity index (χ3v) is 6.21. The van der Waals surface area contributed by atoms with Crippen LogP contribution in [0, 0.1) is 18.3 Å². The van der Waals surface area contributed by atoms with Crippen LogP contribution in [-0.2, 0) is 20.0 Å². The molecule has 2 rings (SSSR count). The second-order valence-corrected chi connectivity index (χ2v) is 8.47. The quantitative estimate of drug-likeness (QED) is 0.834. The lowest BCUT2D eigenvalue weighted by atomic mass is 10.2. The van der Waals surface area contributed by atoms with Crippen LogP contribution in [0.4, 0.5) is 5.69 Å². The van der Waals surface area contributed by atoms with Gasteiger partial charge in [0.2, 0.25) is 10.0 Å². The molecule has 0 amide bonds. The monoisotopic (exact) mass is 365 g/mol. The molecule has 9 heteroatoms. The zero-order chi connectivity index (χ0) is 18.0. The van der Waals surface area contributed by atoms with Crippen LogP contribution in [0.3, 0.4) is 0 Å². The molecule has 0 heterocycles. The molecule has 0 aliphatic rings. The average molecular weight is 365 g/mol. The van der Waals surface area contributed by atoms with Gasteiger partial charge in [0, 0.05) is 0 Å². The summed E-state index contributed by atoms with van der Waals surface area (Å²) in [5.41, 5.74) is 0.802. The van der Waals surface area contributed by atoms with E-state index in [0.29, 0.717) is 5.56 Å². The maximum absolute atomic E-state index is 12.4. The first-order valence-electron chi connectivity index (χ1n) is 6.77. The number of anilines is 1. The predicted molar refractivity (Wildman–Crippen MR) is 89.4 cm³/mol. The van der Waals surface area contributed by atoms with E-state index in [-0.39, 0.29) is 21.0 Å². The molecule has 2 N–H and O–H groups in total. The summed E-state index contributed by atoms with van der Waals surface area (Å²) in [4.78, 5) is -0.101. The zero-order valence-electron chi connectivity index (χ0n) is 12.9. The molecule has 0 radical (unpaired) electrons. The Hall–Kier alpha value is -2.41. The normalized spacial score (nSPS) is 11.7. The van der Waals surface area contributed by atoms with Crippen LogP contribution in [0.1, 0.15) is 11.1 Å². The van der Waals surface area contributed by atoms with E-state index in [9.17, 15) is 16.8 Å². The highest BCUT2D eigenvalue weighted by Gasteiger charge is 2.18. The van der Waals surface area contributed by atoms with Gasteiger partial charge in [0.1, 0.15) is 0 Å². The minimum atomic E-state index is -3.94. The molecule has 0 fully saturated rings. The van der Waals surface area contributed by atoms with Gasteiger partial charge in [0.05, 0.1) is 27.1 Å². The first-order valence-corrected chi connectivity index (χ1v) is 9.73. The van der Waals surface area contributed by atoms with E-state index in [1.807, 2.05) is 6.07 Å². The fraction of sp³-hybridized carbons (Fsp3) is 0.133. The molecule has 0 aliphatic heterocycles. The number of rotatable bonds is 5. The van der Waals surface area contributed by atoms with Crippen molar-refractivity contribution in [2.45, 2.75) is 16.7 Å². The Morgan fingerprint density at radius 3 is 2.33 bits per heavy atom. The van der Waals surface area contributed by atoms with Crippen molar-refractivity contribution in [2.75, 3.05) is 11.8 Å². The Morgan fingerprint density at radius 1 is 1.00 bits per heavy atom. The lowest BCUT2D eigenvalue weighted by Gasteiger charge is -2.12. The van der Waals surface area contributed by atoms with Crippen molar-refractivity contribution in [1.82, 2.24) is 4.72 Å². The van der Waals surface area contributed by atoms with E-state index >= 15 is 0 Å². The van der Waals surface area contributed by atoms with E-state index in [0.717, 1.165) is 0 Å². The van der Waals surface area contributed by atoms with E-state index < -0.39 is 20.0 Å². The van der Waals surface area contributed by atoms with Gasteiger partial charge in [-0.2, -0.15) is 5.26 Å². The van der Waals surface area contributed by atoms with Crippen molar-refractivity contribution in [3.8, 4) is 6.07 Å². The summed E-state index contributed by atoms with van der Waals surface area (Å²) in [5.74, 6) is 0. The fourth-order valence-corrected chi connectivity index (χ4v) is 4.10. The second-order valence-electron chi connectivity index (χ2n) is 4.93. The van der Waals surface area contributed by atoms with Gasteiger partial charge < -0.3 is 0 Å². The number of benzene rings is 2. The van der Waals surface area contributed by atoms with Crippen molar-refractivity contribution in [3.63, 3.8) is 0 Å². The number of nitrogens with one attached hydrogen (secondary N) is 2. The summed E-state index contributed by atoms with van der Waals surface area (Å²) in [6, 6.07) is 11.6. The van der Waals surface area contributed by atoms with E-state index in [1.54, 1.807) is 6.92 Å². The SMILES string of the molecule is CNS(=O)(=O)c1cc(NS(=O)(=O)c2cccc(C#N)c2)ccc1C. The summed E-state index contributed by atoms with van der Waals surface area (Å²) < 4.78 is 53.3. The van der Waals surface area contributed by atoms with Crippen molar-refractivity contribution >= 4 is 25.7 Å². The van der Waals surface area contributed by atoms with Crippen LogP contribution in [-0.4, -0.2) is 23.9 Å². The Balaban J connectivity index is 2.44. The average Bonchev–Trinajstić information content (AvgIpc) is 2.56. The van der Waals surface area contributed by atoms with Crippen LogP contribution >= 0.6 is 0 Å². The summed E-state index contributed by atoms with van der Waals surface area (Å²) >= 11 is 0. The molecular formula is C15H15N3O4S2. The first kappa shape index (κ1) is 17.9. The molecule has 0 bridgehead atoms. The lowest BCUT2D eigenvalue weighted by molar-refractivity contribution is 0.587. The van der Waals surface area contributed by atoms with E-state index in [2.05, 4.69) is 9.44 Å². The highest BCUT2D eigenvalue weighted by Crippen LogP contribution is 2.22. The van der Waals surface area contributed by atoms with Crippen molar-refractivity contribution < 1.29 is 16.8 Å². The smallest absolute Gasteiger partial charge is 0.261 e. The maximum atomic E-state index is 12.4. The highest BCUT2D eigenvalue weighted by atomic mass is 32.2. The Labute approximate surface area is 141 Å². The summed E-state index contributed by atoms with van der Waals surface area (Å²) in [6.07, 6.45) is 0. The summed E-state index contributed by atoms with van der Waals surface area (Å²) in [6.45, 7) is 1.61. The molecule has 7 nitrogen and oxygen atoms in total. The second kappa shape index (κ2) is 6.60. The summed E-state index contributed by atoms with van der Waals surface area (Å²) in [7, 11) is -6.38. The molecule has 2 aromatic carbocycles. The molecule has 0 aromatic heterocycles. The van der Waals surface area contributed by atoms with Gasteiger partial charge in [-0.15, -0.1) is 0 Å². The maximum Gasteiger partial charge on any atom is 0.261 e. The van der Waals surface area contributed by atoms with Crippen LogP contribution in [0.2, 0.25) is 0 Å². The Bertz CT molecular complexity index is 1020. The molecule has 0 saturated heterocycles. The third kappa shape index (κ3) is 3.73. The molecule has 126 valence electrons. The predicted octanol–water partition coefficient (Wildman–Crippen LogP) is 1.58. The number of nitrogens with zero attached hydrogens (tertiary/aromatic N) is 1.